The number of aromatic nitrogens is 2. The summed E-state index contributed by atoms with van der Waals surface area (Å²) in [5, 5.41) is 4.52. The maximum absolute atomic E-state index is 11.5. The lowest BCUT2D eigenvalue weighted by molar-refractivity contribution is 0.100. The Labute approximate surface area is 95.6 Å². The zero-order chi connectivity index (χ0) is 11.5. The second kappa shape index (κ2) is 4.78. The molecule has 1 aliphatic rings. The number of ketones is 1. The molecule has 16 heavy (non-hydrogen) atoms. The van der Waals surface area contributed by atoms with E-state index in [1.807, 2.05) is 10.7 Å². The molecule has 0 radical (unpaired) electrons. The molecular weight excluding hydrogens is 204 g/mol. The third-order valence-electron chi connectivity index (χ3n) is 2.94. The highest BCUT2D eigenvalue weighted by atomic mass is 16.5. The molecule has 1 unspecified atom stereocenters. The Morgan fingerprint density at radius 3 is 3.06 bits per heavy atom. The van der Waals surface area contributed by atoms with Crippen LogP contribution in [-0.2, 0) is 11.3 Å². The highest BCUT2D eigenvalue weighted by Crippen LogP contribution is 2.24. The molecule has 4 nitrogen and oxygen atoms in total. The predicted octanol–water partition coefficient (Wildman–Crippen LogP) is 2.00. The number of Topliss-reactive ketones (excluding diaryl/α,β-unsaturated/α-hetero) is 1. The minimum Gasteiger partial charge on any atom is -0.381 e. The van der Waals surface area contributed by atoms with Crippen LogP contribution in [0, 0.1) is 0 Å². The first-order valence-corrected chi connectivity index (χ1v) is 5.88. The highest BCUT2D eigenvalue weighted by molar-refractivity contribution is 5.92. The summed E-state index contributed by atoms with van der Waals surface area (Å²) in [7, 11) is 0. The molecular formula is C12H18N2O2. The van der Waals surface area contributed by atoms with Gasteiger partial charge in [0, 0.05) is 26.0 Å². The minimum atomic E-state index is 0.0890. The highest BCUT2D eigenvalue weighted by Gasteiger charge is 2.22. The minimum absolute atomic E-state index is 0.0890. The van der Waals surface area contributed by atoms with E-state index in [1.54, 1.807) is 6.92 Å². The molecule has 2 heterocycles. The van der Waals surface area contributed by atoms with E-state index in [1.165, 1.54) is 0 Å². The van der Waals surface area contributed by atoms with Crippen LogP contribution in [0.15, 0.2) is 6.07 Å². The molecule has 2 rings (SSSR count). The van der Waals surface area contributed by atoms with Crippen LogP contribution in [0.2, 0.25) is 0 Å². The van der Waals surface area contributed by atoms with Crippen molar-refractivity contribution in [1.82, 2.24) is 9.78 Å². The lowest BCUT2D eigenvalue weighted by Gasteiger charge is -2.03. The number of rotatable bonds is 4. The molecule has 1 fully saturated rings. The topological polar surface area (TPSA) is 44.1 Å². The Hall–Kier alpha value is -1.16. The summed E-state index contributed by atoms with van der Waals surface area (Å²) in [5.74, 6) is 0.460. The van der Waals surface area contributed by atoms with Gasteiger partial charge in [0.1, 0.15) is 5.69 Å². The van der Waals surface area contributed by atoms with Gasteiger partial charge in [0.25, 0.3) is 0 Å². The van der Waals surface area contributed by atoms with Gasteiger partial charge >= 0.3 is 0 Å². The first-order chi connectivity index (χ1) is 7.72. The third kappa shape index (κ3) is 2.16. The number of nitrogens with zero attached hydrogens (tertiary/aromatic N) is 2. The number of carbonyl (C=O) groups is 1. The van der Waals surface area contributed by atoms with E-state index in [-0.39, 0.29) is 5.78 Å². The van der Waals surface area contributed by atoms with E-state index in [0.29, 0.717) is 5.92 Å². The van der Waals surface area contributed by atoms with Crippen molar-refractivity contribution in [2.45, 2.75) is 39.2 Å². The number of ether oxygens (including phenoxy) is 1. The molecule has 1 atom stereocenters. The zero-order valence-corrected chi connectivity index (χ0v) is 9.90. The Morgan fingerprint density at radius 1 is 1.69 bits per heavy atom. The van der Waals surface area contributed by atoms with Crippen molar-refractivity contribution in [3.63, 3.8) is 0 Å². The average Bonchev–Trinajstić information content (AvgIpc) is 2.83. The summed E-state index contributed by atoms with van der Waals surface area (Å²) in [4.78, 5) is 11.5. The van der Waals surface area contributed by atoms with Crippen molar-refractivity contribution >= 4 is 5.78 Å². The summed E-state index contributed by atoms with van der Waals surface area (Å²) in [5.41, 5.74) is 1.74. The van der Waals surface area contributed by atoms with Gasteiger partial charge in [0.05, 0.1) is 12.3 Å². The largest absolute Gasteiger partial charge is 0.381 e. The Bertz CT molecular complexity index is 378. The Kier molecular flexibility index (Phi) is 3.39. The first-order valence-electron chi connectivity index (χ1n) is 5.88. The molecule has 0 bridgehead atoms. The zero-order valence-electron chi connectivity index (χ0n) is 9.90. The molecule has 0 aliphatic carbocycles. The van der Waals surface area contributed by atoms with Gasteiger partial charge in [-0.15, -0.1) is 0 Å². The van der Waals surface area contributed by atoms with Crippen LogP contribution in [0.1, 0.15) is 48.8 Å². The van der Waals surface area contributed by atoms with E-state index < -0.39 is 0 Å². The van der Waals surface area contributed by atoms with Crippen molar-refractivity contribution in [3.05, 3.63) is 17.5 Å². The Morgan fingerprint density at radius 2 is 2.50 bits per heavy atom. The van der Waals surface area contributed by atoms with Crippen LogP contribution in [-0.4, -0.2) is 28.8 Å². The summed E-state index contributed by atoms with van der Waals surface area (Å²) < 4.78 is 7.18. The Balaban J connectivity index is 2.26. The molecule has 1 saturated heterocycles. The molecule has 0 amide bonds. The standard InChI is InChI=1S/C12H18N2O2/c1-3-5-14-12(9(2)15)7-11(13-14)10-4-6-16-8-10/h7,10H,3-6,8H2,1-2H3. The van der Waals surface area contributed by atoms with Crippen LogP contribution in [0.4, 0.5) is 0 Å². The van der Waals surface area contributed by atoms with Crippen molar-refractivity contribution in [2.75, 3.05) is 13.2 Å². The average molecular weight is 222 g/mol. The summed E-state index contributed by atoms with van der Waals surface area (Å²) in [6, 6.07) is 1.93. The molecule has 4 heteroatoms. The third-order valence-corrected chi connectivity index (χ3v) is 2.94. The van der Waals surface area contributed by atoms with Gasteiger partial charge in [0.2, 0.25) is 0 Å². The quantitative estimate of drug-likeness (QED) is 0.732. The predicted molar refractivity (Wildman–Crippen MR) is 60.7 cm³/mol. The van der Waals surface area contributed by atoms with Gasteiger partial charge in [-0.1, -0.05) is 6.92 Å². The van der Waals surface area contributed by atoms with Gasteiger partial charge in [-0.25, -0.2) is 0 Å². The lowest BCUT2D eigenvalue weighted by Crippen LogP contribution is -2.08. The van der Waals surface area contributed by atoms with Gasteiger partial charge in [-0.05, 0) is 18.9 Å². The summed E-state index contributed by atoms with van der Waals surface area (Å²) in [6.07, 6.45) is 2.00. The van der Waals surface area contributed by atoms with Gasteiger partial charge in [-0.3, -0.25) is 9.48 Å². The van der Waals surface area contributed by atoms with Crippen molar-refractivity contribution < 1.29 is 9.53 Å². The van der Waals surface area contributed by atoms with Crippen LogP contribution < -0.4 is 0 Å². The van der Waals surface area contributed by atoms with Crippen LogP contribution in [0.5, 0.6) is 0 Å². The molecule has 0 saturated carbocycles. The van der Waals surface area contributed by atoms with E-state index in [9.17, 15) is 4.79 Å². The number of hydrogen-bond donors (Lipinski definition) is 0. The molecule has 1 aliphatic heterocycles. The fraction of sp³-hybridized carbons (Fsp3) is 0.667. The molecule has 88 valence electrons. The fourth-order valence-electron chi connectivity index (χ4n) is 2.07. The second-order valence-electron chi connectivity index (χ2n) is 4.29. The monoisotopic (exact) mass is 222 g/mol. The van der Waals surface area contributed by atoms with E-state index >= 15 is 0 Å². The fourth-order valence-corrected chi connectivity index (χ4v) is 2.07. The second-order valence-corrected chi connectivity index (χ2v) is 4.29. The smallest absolute Gasteiger partial charge is 0.177 e. The number of aryl methyl sites for hydroxylation is 1. The number of carbonyl (C=O) groups excluding carboxylic acids is 1. The summed E-state index contributed by atoms with van der Waals surface area (Å²) in [6.45, 7) is 6.03. The van der Waals surface area contributed by atoms with E-state index in [2.05, 4.69) is 12.0 Å². The van der Waals surface area contributed by atoms with Crippen molar-refractivity contribution in [2.24, 2.45) is 0 Å². The number of hydrogen-bond acceptors (Lipinski definition) is 3. The van der Waals surface area contributed by atoms with Gasteiger partial charge in [0.15, 0.2) is 5.78 Å². The maximum atomic E-state index is 11.5. The van der Waals surface area contributed by atoms with E-state index in [0.717, 1.165) is 44.0 Å². The first kappa shape index (κ1) is 11.3. The maximum Gasteiger partial charge on any atom is 0.177 e. The van der Waals surface area contributed by atoms with Gasteiger partial charge < -0.3 is 4.74 Å². The van der Waals surface area contributed by atoms with Crippen LogP contribution in [0.25, 0.3) is 0 Å². The lowest BCUT2D eigenvalue weighted by atomic mass is 10.0. The molecule has 0 N–H and O–H groups in total. The molecule has 0 aromatic carbocycles. The van der Waals surface area contributed by atoms with Crippen molar-refractivity contribution in [3.8, 4) is 0 Å². The molecule has 1 aromatic rings. The van der Waals surface area contributed by atoms with Crippen LogP contribution >= 0.6 is 0 Å². The van der Waals surface area contributed by atoms with Crippen LogP contribution in [0.3, 0.4) is 0 Å². The van der Waals surface area contributed by atoms with E-state index in [4.69, 9.17) is 4.74 Å². The van der Waals surface area contributed by atoms with Crippen molar-refractivity contribution in [1.29, 1.82) is 0 Å². The molecule has 0 spiro atoms. The molecule has 1 aromatic heterocycles. The summed E-state index contributed by atoms with van der Waals surface area (Å²) >= 11 is 0. The SMILES string of the molecule is CCCn1nc(C2CCOC2)cc1C(C)=O. The normalized spacial score (nSPS) is 20.2. The van der Waals surface area contributed by atoms with Gasteiger partial charge in [-0.2, -0.15) is 5.10 Å².